The van der Waals surface area contributed by atoms with E-state index in [9.17, 15) is 0 Å². The third kappa shape index (κ3) is 1.50. The SMILES string of the molecule is C#C[C@@H]1CNC[C@@H]1COC. The molecule has 56 valence electrons. The molecule has 2 atom stereocenters. The summed E-state index contributed by atoms with van der Waals surface area (Å²) < 4.78 is 5.02. The molecule has 1 saturated heterocycles. The number of ether oxygens (including phenoxy) is 1. The molecular formula is C8H13NO. The first-order chi connectivity index (χ1) is 4.88. The van der Waals surface area contributed by atoms with Crippen molar-refractivity contribution in [1.29, 1.82) is 0 Å². The van der Waals surface area contributed by atoms with Gasteiger partial charge in [-0.2, -0.15) is 0 Å². The molecule has 0 unspecified atom stereocenters. The minimum atomic E-state index is 0.375. The van der Waals surface area contributed by atoms with Crippen LogP contribution in [0.5, 0.6) is 0 Å². The normalized spacial score (nSPS) is 32.0. The van der Waals surface area contributed by atoms with E-state index < -0.39 is 0 Å². The molecule has 1 N–H and O–H groups in total. The second kappa shape index (κ2) is 3.60. The quantitative estimate of drug-likeness (QED) is 0.548. The standard InChI is InChI=1S/C8H13NO/c1-3-7-4-9-5-8(7)6-10-2/h1,7-9H,4-6H2,2H3/t7-,8-/m1/s1. The minimum absolute atomic E-state index is 0.375. The lowest BCUT2D eigenvalue weighted by Gasteiger charge is -2.10. The van der Waals surface area contributed by atoms with Crippen LogP contribution in [0.1, 0.15) is 0 Å². The van der Waals surface area contributed by atoms with Crippen molar-refractivity contribution < 1.29 is 4.74 Å². The summed E-state index contributed by atoms with van der Waals surface area (Å²) in [7, 11) is 1.71. The molecule has 2 nitrogen and oxygen atoms in total. The molecular weight excluding hydrogens is 126 g/mol. The third-order valence-corrected chi connectivity index (χ3v) is 1.93. The van der Waals surface area contributed by atoms with Gasteiger partial charge in [-0.05, 0) is 0 Å². The topological polar surface area (TPSA) is 21.3 Å². The molecule has 1 fully saturated rings. The Hall–Kier alpha value is -0.520. The van der Waals surface area contributed by atoms with E-state index in [0.29, 0.717) is 11.8 Å². The molecule has 1 heterocycles. The van der Waals surface area contributed by atoms with Gasteiger partial charge in [0.25, 0.3) is 0 Å². The highest BCUT2D eigenvalue weighted by Gasteiger charge is 2.24. The molecule has 2 heteroatoms. The van der Waals surface area contributed by atoms with Gasteiger partial charge in [0.2, 0.25) is 0 Å². The Kier molecular flexibility index (Phi) is 2.73. The molecule has 0 aromatic carbocycles. The fraction of sp³-hybridized carbons (Fsp3) is 0.750. The smallest absolute Gasteiger partial charge is 0.0514 e. The molecule has 0 radical (unpaired) electrons. The van der Waals surface area contributed by atoms with Gasteiger partial charge in [0.15, 0.2) is 0 Å². The van der Waals surface area contributed by atoms with E-state index in [-0.39, 0.29) is 0 Å². The molecule has 0 bridgehead atoms. The Morgan fingerprint density at radius 3 is 3.10 bits per heavy atom. The van der Waals surface area contributed by atoms with E-state index in [1.54, 1.807) is 7.11 Å². The Morgan fingerprint density at radius 2 is 2.50 bits per heavy atom. The lowest BCUT2D eigenvalue weighted by atomic mass is 9.98. The van der Waals surface area contributed by atoms with Gasteiger partial charge in [-0.15, -0.1) is 12.3 Å². The van der Waals surface area contributed by atoms with E-state index in [2.05, 4.69) is 11.2 Å². The number of terminal acetylenes is 1. The van der Waals surface area contributed by atoms with Crippen LogP contribution in [0.2, 0.25) is 0 Å². The number of rotatable bonds is 2. The van der Waals surface area contributed by atoms with E-state index in [4.69, 9.17) is 11.2 Å². The predicted octanol–water partition coefficient (Wildman–Crippen LogP) is 0.102. The summed E-state index contributed by atoms with van der Waals surface area (Å²) in [6, 6.07) is 0. The van der Waals surface area contributed by atoms with Crippen LogP contribution in [0.15, 0.2) is 0 Å². The minimum Gasteiger partial charge on any atom is -0.384 e. The Labute approximate surface area is 62.0 Å². The maximum atomic E-state index is 5.31. The van der Waals surface area contributed by atoms with Crippen molar-refractivity contribution in [3.8, 4) is 12.3 Å². The van der Waals surface area contributed by atoms with Crippen LogP contribution in [0, 0.1) is 24.2 Å². The van der Waals surface area contributed by atoms with Crippen LogP contribution in [-0.2, 0) is 4.74 Å². The van der Waals surface area contributed by atoms with Gasteiger partial charge in [0, 0.05) is 32.0 Å². The second-order valence-corrected chi connectivity index (χ2v) is 2.65. The molecule has 0 amide bonds. The monoisotopic (exact) mass is 139 g/mol. The van der Waals surface area contributed by atoms with E-state index in [1.165, 1.54) is 0 Å². The van der Waals surface area contributed by atoms with Gasteiger partial charge in [-0.25, -0.2) is 0 Å². The van der Waals surface area contributed by atoms with Crippen molar-refractivity contribution in [2.45, 2.75) is 0 Å². The maximum absolute atomic E-state index is 5.31. The number of nitrogens with one attached hydrogen (secondary N) is 1. The van der Waals surface area contributed by atoms with Crippen molar-refractivity contribution in [1.82, 2.24) is 5.32 Å². The van der Waals surface area contributed by atoms with Crippen LogP contribution < -0.4 is 5.32 Å². The molecule has 0 aliphatic carbocycles. The van der Waals surface area contributed by atoms with Crippen LogP contribution in [0.25, 0.3) is 0 Å². The fourth-order valence-electron chi connectivity index (χ4n) is 1.32. The van der Waals surface area contributed by atoms with Gasteiger partial charge in [-0.3, -0.25) is 0 Å². The van der Waals surface area contributed by atoms with Gasteiger partial charge in [0.1, 0.15) is 0 Å². The van der Waals surface area contributed by atoms with Crippen LogP contribution in [-0.4, -0.2) is 26.8 Å². The van der Waals surface area contributed by atoms with Crippen molar-refractivity contribution in [3.63, 3.8) is 0 Å². The lowest BCUT2D eigenvalue weighted by Crippen LogP contribution is -2.16. The Bertz CT molecular complexity index is 139. The molecule has 0 saturated carbocycles. The van der Waals surface area contributed by atoms with E-state index >= 15 is 0 Å². The number of hydrogen-bond donors (Lipinski definition) is 1. The van der Waals surface area contributed by atoms with Gasteiger partial charge in [0.05, 0.1) is 6.61 Å². The highest BCUT2D eigenvalue weighted by atomic mass is 16.5. The highest BCUT2D eigenvalue weighted by molar-refractivity contribution is 5.01. The van der Waals surface area contributed by atoms with Crippen LogP contribution in [0.4, 0.5) is 0 Å². The van der Waals surface area contributed by atoms with Crippen LogP contribution in [0.3, 0.4) is 0 Å². The molecule has 0 aromatic rings. The number of methoxy groups -OCH3 is 1. The summed E-state index contributed by atoms with van der Waals surface area (Å²) in [6.07, 6.45) is 5.31. The number of hydrogen-bond acceptors (Lipinski definition) is 2. The van der Waals surface area contributed by atoms with E-state index in [0.717, 1.165) is 19.7 Å². The summed E-state index contributed by atoms with van der Waals surface area (Å²) in [6.45, 7) is 2.73. The summed E-state index contributed by atoms with van der Waals surface area (Å²) in [4.78, 5) is 0. The van der Waals surface area contributed by atoms with Gasteiger partial charge < -0.3 is 10.1 Å². The first-order valence-electron chi connectivity index (χ1n) is 3.54. The molecule has 0 aromatic heterocycles. The summed E-state index contributed by atoms with van der Waals surface area (Å²) in [5.41, 5.74) is 0. The summed E-state index contributed by atoms with van der Waals surface area (Å²) >= 11 is 0. The van der Waals surface area contributed by atoms with Crippen molar-refractivity contribution in [2.75, 3.05) is 26.8 Å². The average Bonchev–Trinajstić information content (AvgIpc) is 2.36. The maximum Gasteiger partial charge on any atom is 0.0514 e. The van der Waals surface area contributed by atoms with Gasteiger partial charge in [-0.1, -0.05) is 0 Å². The summed E-state index contributed by atoms with van der Waals surface area (Å²) in [5.74, 6) is 3.65. The molecule has 0 spiro atoms. The van der Waals surface area contributed by atoms with Crippen molar-refractivity contribution >= 4 is 0 Å². The van der Waals surface area contributed by atoms with Crippen LogP contribution >= 0.6 is 0 Å². The second-order valence-electron chi connectivity index (χ2n) is 2.65. The average molecular weight is 139 g/mol. The van der Waals surface area contributed by atoms with Crippen molar-refractivity contribution in [3.05, 3.63) is 0 Å². The largest absolute Gasteiger partial charge is 0.384 e. The Morgan fingerprint density at radius 1 is 1.70 bits per heavy atom. The molecule has 1 rings (SSSR count). The molecule has 1 aliphatic heterocycles. The molecule has 10 heavy (non-hydrogen) atoms. The zero-order valence-corrected chi connectivity index (χ0v) is 6.26. The highest BCUT2D eigenvalue weighted by Crippen LogP contribution is 2.15. The first kappa shape index (κ1) is 7.59. The van der Waals surface area contributed by atoms with Crippen molar-refractivity contribution in [2.24, 2.45) is 11.8 Å². The first-order valence-corrected chi connectivity index (χ1v) is 3.54. The molecule has 1 aliphatic rings. The fourth-order valence-corrected chi connectivity index (χ4v) is 1.32. The lowest BCUT2D eigenvalue weighted by molar-refractivity contribution is 0.150. The zero-order chi connectivity index (χ0) is 7.40. The predicted molar refractivity (Wildman–Crippen MR) is 40.6 cm³/mol. The Balaban J connectivity index is 2.36. The van der Waals surface area contributed by atoms with Gasteiger partial charge >= 0.3 is 0 Å². The zero-order valence-electron chi connectivity index (χ0n) is 6.26. The third-order valence-electron chi connectivity index (χ3n) is 1.93. The summed E-state index contributed by atoms with van der Waals surface area (Å²) in [5, 5.41) is 3.24. The van der Waals surface area contributed by atoms with E-state index in [1.807, 2.05) is 0 Å².